The molecule has 4 heteroatoms. The largest absolute Gasteiger partial charge is 0.416 e. The Bertz CT molecular complexity index is 947. The Labute approximate surface area is 169 Å². The van der Waals surface area contributed by atoms with Gasteiger partial charge < -0.3 is 4.42 Å². The van der Waals surface area contributed by atoms with Gasteiger partial charge in [-0.3, -0.25) is 0 Å². The van der Waals surface area contributed by atoms with Crippen LogP contribution in [0.1, 0.15) is 40.7 Å². The van der Waals surface area contributed by atoms with Gasteiger partial charge in [0, 0.05) is 6.42 Å². The molecule has 4 rings (SSSR count). The van der Waals surface area contributed by atoms with E-state index in [0.29, 0.717) is 17.0 Å². The van der Waals surface area contributed by atoms with E-state index in [4.69, 9.17) is 4.42 Å². The summed E-state index contributed by atoms with van der Waals surface area (Å²) < 4.78 is 5.99. The van der Waals surface area contributed by atoms with Crippen LogP contribution in [0.4, 0.5) is 0 Å². The molecule has 3 nitrogen and oxygen atoms in total. The van der Waals surface area contributed by atoms with E-state index in [1.165, 1.54) is 16.7 Å². The third kappa shape index (κ3) is 4.52. The monoisotopic (exact) mass is 386 g/mol. The van der Waals surface area contributed by atoms with E-state index < -0.39 is 0 Å². The van der Waals surface area contributed by atoms with Crippen molar-refractivity contribution in [1.29, 1.82) is 0 Å². The first-order valence-corrected chi connectivity index (χ1v) is 10.3. The Morgan fingerprint density at radius 1 is 0.714 bits per heavy atom. The van der Waals surface area contributed by atoms with Crippen LogP contribution >= 0.6 is 11.8 Å². The Hall–Kier alpha value is -2.85. The molecule has 28 heavy (non-hydrogen) atoms. The number of hydrogen-bond acceptors (Lipinski definition) is 4. The molecule has 0 amide bonds. The van der Waals surface area contributed by atoms with E-state index in [1.807, 2.05) is 18.2 Å². The van der Waals surface area contributed by atoms with Crippen molar-refractivity contribution in [2.45, 2.75) is 29.7 Å². The first-order valence-electron chi connectivity index (χ1n) is 9.43. The summed E-state index contributed by atoms with van der Waals surface area (Å²) in [5, 5.41) is 9.30. The highest BCUT2D eigenvalue weighted by molar-refractivity contribution is 7.99. The third-order valence-corrected chi connectivity index (χ3v) is 5.87. The molecule has 1 aromatic heterocycles. The van der Waals surface area contributed by atoms with E-state index in [1.54, 1.807) is 11.8 Å². The highest BCUT2D eigenvalue weighted by atomic mass is 32.2. The molecule has 3 aromatic carbocycles. The van der Waals surface area contributed by atoms with Crippen molar-refractivity contribution in [3.05, 3.63) is 114 Å². The van der Waals surface area contributed by atoms with Crippen LogP contribution in [-0.4, -0.2) is 10.2 Å². The van der Waals surface area contributed by atoms with Crippen LogP contribution in [-0.2, 0) is 6.42 Å². The highest BCUT2D eigenvalue weighted by Gasteiger charge is 2.20. The lowest BCUT2D eigenvalue weighted by atomic mass is 9.98. The molecule has 0 radical (unpaired) electrons. The van der Waals surface area contributed by atoms with Crippen LogP contribution in [0.5, 0.6) is 0 Å². The van der Waals surface area contributed by atoms with Gasteiger partial charge in [0.2, 0.25) is 5.89 Å². The quantitative estimate of drug-likeness (QED) is 0.350. The van der Waals surface area contributed by atoms with E-state index in [0.717, 1.165) is 6.42 Å². The molecule has 1 unspecified atom stereocenters. The first-order chi connectivity index (χ1) is 13.8. The Morgan fingerprint density at radius 3 is 1.75 bits per heavy atom. The van der Waals surface area contributed by atoms with Crippen molar-refractivity contribution in [3.63, 3.8) is 0 Å². The second kappa shape index (κ2) is 8.89. The normalized spacial score (nSPS) is 12.2. The number of nitrogens with zero attached hydrogens (tertiary/aromatic N) is 2. The van der Waals surface area contributed by atoms with E-state index in [9.17, 15) is 0 Å². The molecule has 0 spiro atoms. The molecule has 0 aliphatic rings. The molecule has 4 aromatic rings. The number of rotatable bonds is 7. The molecule has 0 fully saturated rings. The first kappa shape index (κ1) is 18.5. The fourth-order valence-electron chi connectivity index (χ4n) is 3.21. The minimum absolute atomic E-state index is 0.113. The number of hydrogen-bond donors (Lipinski definition) is 0. The van der Waals surface area contributed by atoms with Crippen LogP contribution in [0.25, 0.3) is 0 Å². The van der Waals surface area contributed by atoms with Crippen molar-refractivity contribution in [2.24, 2.45) is 0 Å². The topological polar surface area (TPSA) is 38.9 Å². The standard InChI is InChI=1S/C24H22N2OS/c1-18(19-11-5-2-6-12-19)17-22-25-26-24(27-22)28-23(20-13-7-3-8-14-20)21-15-9-4-10-16-21/h2-16,18,23H,17H2,1H3. The smallest absolute Gasteiger partial charge is 0.277 e. The summed E-state index contributed by atoms with van der Waals surface area (Å²) in [5.74, 6) is 1.01. The maximum Gasteiger partial charge on any atom is 0.277 e. The van der Waals surface area contributed by atoms with Crippen molar-refractivity contribution < 1.29 is 4.42 Å². The maximum atomic E-state index is 5.99. The lowest BCUT2D eigenvalue weighted by Crippen LogP contribution is -1.98. The molecule has 0 aliphatic carbocycles. The van der Waals surface area contributed by atoms with Crippen LogP contribution in [0.3, 0.4) is 0 Å². The molecule has 1 atom stereocenters. The Kier molecular flexibility index (Phi) is 5.88. The Morgan fingerprint density at radius 2 is 1.21 bits per heavy atom. The van der Waals surface area contributed by atoms with Gasteiger partial charge in [-0.15, -0.1) is 10.2 Å². The average molecular weight is 387 g/mol. The van der Waals surface area contributed by atoms with Gasteiger partial charge in [-0.05, 0) is 22.6 Å². The van der Waals surface area contributed by atoms with Gasteiger partial charge in [-0.25, -0.2) is 0 Å². The van der Waals surface area contributed by atoms with Gasteiger partial charge in [0.25, 0.3) is 5.22 Å². The zero-order valence-corrected chi connectivity index (χ0v) is 16.5. The fraction of sp³-hybridized carbons (Fsp3) is 0.167. The van der Waals surface area contributed by atoms with Crippen molar-refractivity contribution >= 4 is 11.8 Å². The number of aromatic nitrogens is 2. The van der Waals surface area contributed by atoms with E-state index >= 15 is 0 Å². The molecule has 0 saturated heterocycles. The molecular weight excluding hydrogens is 364 g/mol. The second-order valence-corrected chi connectivity index (χ2v) is 7.85. The van der Waals surface area contributed by atoms with Crippen molar-refractivity contribution in [2.75, 3.05) is 0 Å². The lowest BCUT2D eigenvalue weighted by molar-refractivity contribution is 0.404. The minimum Gasteiger partial charge on any atom is -0.416 e. The maximum absolute atomic E-state index is 5.99. The SMILES string of the molecule is CC(Cc1nnc(SC(c2ccccc2)c2ccccc2)o1)c1ccccc1. The summed E-state index contributed by atoms with van der Waals surface area (Å²) in [5.41, 5.74) is 3.72. The van der Waals surface area contributed by atoms with Crippen molar-refractivity contribution in [1.82, 2.24) is 10.2 Å². The van der Waals surface area contributed by atoms with E-state index in [-0.39, 0.29) is 5.25 Å². The van der Waals surface area contributed by atoms with Gasteiger partial charge in [-0.2, -0.15) is 0 Å². The molecule has 0 aliphatic heterocycles. The number of thioether (sulfide) groups is 1. The van der Waals surface area contributed by atoms with Crippen LogP contribution in [0, 0.1) is 0 Å². The summed E-state index contributed by atoms with van der Waals surface area (Å²) in [6.07, 6.45) is 0.735. The molecule has 1 heterocycles. The van der Waals surface area contributed by atoms with Gasteiger partial charge in [0.15, 0.2) is 0 Å². The van der Waals surface area contributed by atoms with Gasteiger partial charge in [-0.1, -0.05) is 110 Å². The Balaban J connectivity index is 1.52. The van der Waals surface area contributed by atoms with Gasteiger partial charge >= 0.3 is 0 Å². The van der Waals surface area contributed by atoms with Crippen LogP contribution < -0.4 is 0 Å². The van der Waals surface area contributed by atoms with Crippen molar-refractivity contribution in [3.8, 4) is 0 Å². The van der Waals surface area contributed by atoms with Crippen LogP contribution in [0.2, 0.25) is 0 Å². The summed E-state index contributed by atoms with van der Waals surface area (Å²) in [4.78, 5) is 0. The zero-order valence-electron chi connectivity index (χ0n) is 15.7. The molecule has 0 N–H and O–H groups in total. The number of benzene rings is 3. The predicted octanol–water partition coefficient (Wildman–Crippen LogP) is 6.30. The molecular formula is C24H22N2OS. The zero-order chi connectivity index (χ0) is 19.2. The molecule has 0 bridgehead atoms. The summed E-state index contributed by atoms with van der Waals surface area (Å²) in [6, 6.07) is 31.3. The molecule has 140 valence electrons. The van der Waals surface area contributed by atoms with E-state index in [2.05, 4.69) is 89.9 Å². The third-order valence-electron chi connectivity index (χ3n) is 4.72. The minimum atomic E-state index is 0.113. The second-order valence-electron chi connectivity index (χ2n) is 6.80. The summed E-state index contributed by atoms with van der Waals surface area (Å²) >= 11 is 1.60. The fourth-order valence-corrected chi connectivity index (χ4v) is 4.24. The summed E-state index contributed by atoms with van der Waals surface area (Å²) in [7, 11) is 0. The molecule has 0 saturated carbocycles. The van der Waals surface area contributed by atoms with Crippen LogP contribution in [0.15, 0.2) is 101 Å². The van der Waals surface area contributed by atoms with Gasteiger partial charge in [0.1, 0.15) is 0 Å². The van der Waals surface area contributed by atoms with Gasteiger partial charge in [0.05, 0.1) is 5.25 Å². The summed E-state index contributed by atoms with van der Waals surface area (Å²) in [6.45, 7) is 2.18. The lowest BCUT2D eigenvalue weighted by Gasteiger charge is -2.15. The predicted molar refractivity (Wildman–Crippen MR) is 113 cm³/mol. The highest BCUT2D eigenvalue weighted by Crippen LogP contribution is 2.39. The average Bonchev–Trinajstić information content (AvgIpc) is 3.21.